The van der Waals surface area contributed by atoms with Crippen molar-refractivity contribution in [1.29, 1.82) is 0 Å². The number of methoxy groups -OCH3 is 1. The van der Waals surface area contributed by atoms with Crippen molar-refractivity contribution in [3.63, 3.8) is 0 Å². The Morgan fingerprint density at radius 3 is 2.92 bits per heavy atom. The molecule has 76 valence electrons. The molecule has 0 aromatic heterocycles. The van der Waals surface area contributed by atoms with E-state index in [4.69, 9.17) is 9.47 Å². The summed E-state index contributed by atoms with van der Waals surface area (Å²) in [4.78, 5) is 0. The monoisotopic (exact) mass is 186 g/mol. The Balaban J connectivity index is 2.31. The number of aliphatic hydroxyl groups is 1. The molecule has 1 saturated carbocycles. The number of hydrogen-bond donors (Lipinski definition) is 1. The van der Waals surface area contributed by atoms with Gasteiger partial charge < -0.3 is 14.6 Å². The Kier molecular flexibility index (Phi) is 4.25. The molecule has 1 N–H and O–H groups in total. The summed E-state index contributed by atoms with van der Waals surface area (Å²) in [6.07, 6.45) is 3.84. The van der Waals surface area contributed by atoms with E-state index in [-0.39, 0.29) is 12.2 Å². The average Bonchev–Trinajstić information content (AvgIpc) is 2.16. The summed E-state index contributed by atoms with van der Waals surface area (Å²) in [6, 6.07) is 0. The van der Waals surface area contributed by atoms with E-state index < -0.39 is 0 Å². The van der Waals surface area contributed by atoms with E-state index in [2.05, 4.69) is 6.58 Å². The minimum atomic E-state index is -0.301. The topological polar surface area (TPSA) is 38.7 Å². The molecule has 3 atom stereocenters. The van der Waals surface area contributed by atoms with Gasteiger partial charge in [0, 0.05) is 7.11 Å². The Morgan fingerprint density at radius 2 is 2.31 bits per heavy atom. The lowest BCUT2D eigenvalue weighted by atomic mass is 9.86. The maximum Gasteiger partial charge on any atom is 0.0902 e. The second-order valence-electron chi connectivity index (χ2n) is 3.52. The summed E-state index contributed by atoms with van der Waals surface area (Å²) in [7, 11) is 1.64. The number of hydrogen-bond acceptors (Lipinski definition) is 3. The van der Waals surface area contributed by atoms with Crippen LogP contribution in [-0.2, 0) is 9.47 Å². The van der Waals surface area contributed by atoms with Crippen LogP contribution in [0.25, 0.3) is 0 Å². The van der Waals surface area contributed by atoms with Crippen molar-refractivity contribution in [2.24, 2.45) is 5.92 Å². The molecule has 3 unspecified atom stereocenters. The highest BCUT2D eigenvalue weighted by Crippen LogP contribution is 2.26. The highest BCUT2D eigenvalue weighted by Gasteiger charge is 2.29. The molecule has 1 aliphatic carbocycles. The summed E-state index contributed by atoms with van der Waals surface area (Å²) in [6.45, 7) is 4.19. The minimum Gasteiger partial charge on any atom is -0.502 e. The van der Waals surface area contributed by atoms with Crippen LogP contribution in [0.4, 0.5) is 0 Å². The molecule has 0 amide bonds. The SMILES string of the molecule is C=COCC1CCC(O)C(OC)C1. The lowest BCUT2D eigenvalue weighted by molar-refractivity contribution is -0.0573. The van der Waals surface area contributed by atoms with Crippen LogP contribution in [0.15, 0.2) is 12.8 Å². The second-order valence-corrected chi connectivity index (χ2v) is 3.52. The first-order valence-corrected chi connectivity index (χ1v) is 4.71. The first kappa shape index (κ1) is 10.5. The summed E-state index contributed by atoms with van der Waals surface area (Å²) >= 11 is 0. The first-order valence-electron chi connectivity index (χ1n) is 4.71. The smallest absolute Gasteiger partial charge is 0.0902 e. The van der Waals surface area contributed by atoms with E-state index in [9.17, 15) is 5.11 Å². The van der Waals surface area contributed by atoms with E-state index in [0.29, 0.717) is 12.5 Å². The molecule has 1 rings (SSSR count). The maximum atomic E-state index is 9.53. The van der Waals surface area contributed by atoms with Gasteiger partial charge in [-0.15, -0.1) is 0 Å². The molecule has 0 aromatic carbocycles. The van der Waals surface area contributed by atoms with Gasteiger partial charge in [-0.3, -0.25) is 0 Å². The van der Waals surface area contributed by atoms with Gasteiger partial charge in [0.2, 0.25) is 0 Å². The van der Waals surface area contributed by atoms with Crippen LogP contribution in [0, 0.1) is 5.92 Å². The maximum absolute atomic E-state index is 9.53. The van der Waals surface area contributed by atoms with Crippen molar-refractivity contribution in [2.75, 3.05) is 13.7 Å². The predicted octanol–water partition coefficient (Wildman–Crippen LogP) is 1.32. The lowest BCUT2D eigenvalue weighted by Crippen LogP contribution is -2.36. The molecule has 0 heterocycles. The predicted molar refractivity (Wildman–Crippen MR) is 50.3 cm³/mol. The van der Waals surface area contributed by atoms with Gasteiger partial charge in [0.25, 0.3) is 0 Å². The van der Waals surface area contributed by atoms with E-state index in [1.165, 1.54) is 6.26 Å². The van der Waals surface area contributed by atoms with Crippen molar-refractivity contribution < 1.29 is 14.6 Å². The molecule has 0 saturated heterocycles. The minimum absolute atomic E-state index is 0.0211. The molecule has 0 bridgehead atoms. The van der Waals surface area contributed by atoms with Crippen molar-refractivity contribution in [3.8, 4) is 0 Å². The van der Waals surface area contributed by atoms with Gasteiger partial charge >= 0.3 is 0 Å². The largest absolute Gasteiger partial charge is 0.502 e. The summed E-state index contributed by atoms with van der Waals surface area (Å²) < 4.78 is 10.3. The van der Waals surface area contributed by atoms with Gasteiger partial charge in [-0.2, -0.15) is 0 Å². The van der Waals surface area contributed by atoms with Gasteiger partial charge in [0.1, 0.15) is 0 Å². The second kappa shape index (κ2) is 5.25. The van der Waals surface area contributed by atoms with Gasteiger partial charge in [-0.1, -0.05) is 6.58 Å². The Hall–Kier alpha value is -0.540. The summed E-state index contributed by atoms with van der Waals surface area (Å²) in [5.74, 6) is 0.492. The normalized spacial score (nSPS) is 34.2. The molecular formula is C10H18O3. The number of ether oxygens (including phenoxy) is 2. The molecule has 3 nitrogen and oxygen atoms in total. The van der Waals surface area contributed by atoms with Crippen molar-refractivity contribution in [2.45, 2.75) is 31.5 Å². The Labute approximate surface area is 79.3 Å². The highest BCUT2D eigenvalue weighted by atomic mass is 16.5. The first-order chi connectivity index (χ1) is 6.27. The van der Waals surface area contributed by atoms with Crippen LogP contribution in [0.2, 0.25) is 0 Å². The van der Waals surface area contributed by atoms with Gasteiger partial charge in [-0.05, 0) is 25.2 Å². The quantitative estimate of drug-likeness (QED) is 0.673. The van der Waals surface area contributed by atoms with E-state index in [0.717, 1.165) is 19.3 Å². The Morgan fingerprint density at radius 1 is 1.54 bits per heavy atom. The number of rotatable bonds is 4. The molecule has 0 radical (unpaired) electrons. The molecule has 0 spiro atoms. The standard InChI is InChI=1S/C10H18O3/c1-3-13-7-8-4-5-9(11)10(6-8)12-2/h3,8-11H,1,4-7H2,2H3. The van der Waals surface area contributed by atoms with Gasteiger partial charge in [0.15, 0.2) is 0 Å². The van der Waals surface area contributed by atoms with E-state index in [1.54, 1.807) is 7.11 Å². The van der Waals surface area contributed by atoms with Gasteiger partial charge in [-0.25, -0.2) is 0 Å². The highest BCUT2D eigenvalue weighted by molar-refractivity contribution is 4.80. The number of aliphatic hydroxyl groups excluding tert-OH is 1. The molecule has 0 aromatic rings. The van der Waals surface area contributed by atoms with E-state index >= 15 is 0 Å². The van der Waals surface area contributed by atoms with Crippen LogP contribution in [0.5, 0.6) is 0 Å². The molecule has 1 aliphatic rings. The fourth-order valence-electron chi connectivity index (χ4n) is 1.80. The molecule has 13 heavy (non-hydrogen) atoms. The molecule has 0 aliphatic heterocycles. The third-order valence-electron chi connectivity index (χ3n) is 2.62. The molecule has 3 heteroatoms. The summed E-state index contributed by atoms with van der Waals surface area (Å²) in [5.41, 5.74) is 0. The zero-order valence-electron chi connectivity index (χ0n) is 8.11. The van der Waals surface area contributed by atoms with Crippen LogP contribution >= 0.6 is 0 Å². The third kappa shape index (κ3) is 3.01. The molecular weight excluding hydrogens is 168 g/mol. The lowest BCUT2D eigenvalue weighted by Gasteiger charge is -2.31. The van der Waals surface area contributed by atoms with Crippen LogP contribution in [-0.4, -0.2) is 31.0 Å². The van der Waals surface area contributed by atoms with Crippen molar-refractivity contribution in [3.05, 3.63) is 12.8 Å². The zero-order chi connectivity index (χ0) is 9.68. The third-order valence-corrected chi connectivity index (χ3v) is 2.62. The fourth-order valence-corrected chi connectivity index (χ4v) is 1.80. The van der Waals surface area contributed by atoms with Crippen LogP contribution in [0.3, 0.4) is 0 Å². The van der Waals surface area contributed by atoms with Crippen molar-refractivity contribution in [1.82, 2.24) is 0 Å². The zero-order valence-corrected chi connectivity index (χ0v) is 8.11. The van der Waals surface area contributed by atoms with Crippen LogP contribution in [0.1, 0.15) is 19.3 Å². The van der Waals surface area contributed by atoms with Gasteiger partial charge in [0.05, 0.1) is 25.1 Å². The van der Waals surface area contributed by atoms with E-state index in [1.807, 2.05) is 0 Å². The molecule has 1 fully saturated rings. The average molecular weight is 186 g/mol. The van der Waals surface area contributed by atoms with Crippen LogP contribution < -0.4 is 0 Å². The Bertz CT molecular complexity index is 158. The summed E-state index contributed by atoms with van der Waals surface area (Å²) in [5, 5.41) is 9.53. The van der Waals surface area contributed by atoms with Crippen molar-refractivity contribution >= 4 is 0 Å². The fraction of sp³-hybridized carbons (Fsp3) is 0.800.